The van der Waals surface area contributed by atoms with Crippen molar-refractivity contribution in [3.63, 3.8) is 0 Å². The van der Waals surface area contributed by atoms with E-state index < -0.39 is 27.4 Å². The fourth-order valence-electron chi connectivity index (χ4n) is 2.39. The molecule has 3 rings (SSSR count). The Balaban J connectivity index is 1.99. The highest BCUT2D eigenvalue weighted by molar-refractivity contribution is 9.10. The standard InChI is InChI=1S/C17H10BrClF3N5O2/c18-9-2-1-3-10(6-9)25-15-14(27(28)29)16(24-8-23-15)26-11-4-5-13(19)12(7-11)17(20,21)22/h1-8H,(H2,23,24,25,26). The van der Waals surface area contributed by atoms with Gasteiger partial charge in [0.2, 0.25) is 11.6 Å². The van der Waals surface area contributed by atoms with Gasteiger partial charge >= 0.3 is 11.9 Å². The molecule has 0 saturated heterocycles. The molecule has 1 heterocycles. The minimum Gasteiger partial charge on any atom is -0.334 e. The number of benzene rings is 2. The summed E-state index contributed by atoms with van der Waals surface area (Å²) in [6.45, 7) is 0. The zero-order chi connectivity index (χ0) is 21.2. The predicted octanol–water partition coefficient (Wildman–Crippen LogP) is 6.31. The smallest absolute Gasteiger partial charge is 0.334 e. The van der Waals surface area contributed by atoms with Crippen molar-refractivity contribution >= 4 is 56.2 Å². The van der Waals surface area contributed by atoms with E-state index in [0.29, 0.717) is 5.69 Å². The van der Waals surface area contributed by atoms with Gasteiger partial charge in [0.1, 0.15) is 6.33 Å². The summed E-state index contributed by atoms with van der Waals surface area (Å²) < 4.78 is 39.9. The molecular formula is C17H10BrClF3N5O2. The van der Waals surface area contributed by atoms with E-state index in [9.17, 15) is 23.3 Å². The highest BCUT2D eigenvalue weighted by Gasteiger charge is 2.33. The molecule has 2 aromatic carbocycles. The Morgan fingerprint density at radius 3 is 2.21 bits per heavy atom. The number of halogens is 5. The van der Waals surface area contributed by atoms with Crippen LogP contribution in [0.4, 0.5) is 41.9 Å². The van der Waals surface area contributed by atoms with Crippen LogP contribution in [-0.4, -0.2) is 14.9 Å². The number of nitrogens with zero attached hydrogens (tertiary/aromatic N) is 3. The number of hydrogen-bond donors (Lipinski definition) is 2. The minimum absolute atomic E-state index is 0.0723. The number of rotatable bonds is 5. The molecule has 0 radical (unpaired) electrons. The van der Waals surface area contributed by atoms with Crippen LogP contribution in [0.3, 0.4) is 0 Å². The van der Waals surface area contributed by atoms with Gasteiger partial charge in [-0.3, -0.25) is 10.1 Å². The van der Waals surface area contributed by atoms with E-state index in [4.69, 9.17) is 11.6 Å². The van der Waals surface area contributed by atoms with Crippen LogP contribution in [0, 0.1) is 10.1 Å². The first-order valence-corrected chi connectivity index (χ1v) is 8.98. The molecule has 0 aliphatic rings. The van der Waals surface area contributed by atoms with Crippen molar-refractivity contribution in [3.8, 4) is 0 Å². The number of nitro groups is 1. The van der Waals surface area contributed by atoms with Crippen molar-refractivity contribution in [2.75, 3.05) is 10.6 Å². The molecule has 0 saturated carbocycles. The molecule has 0 spiro atoms. The molecule has 29 heavy (non-hydrogen) atoms. The lowest BCUT2D eigenvalue weighted by Gasteiger charge is -2.13. The van der Waals surface area contributed by atoms with Gasteiger partial charge in [-0.05, 0) is 36.4 Å². The predicted molar refractivity (Wildman–Crippen MR) is 106 cm³/mol. The van der Waals surface area contributed by atoms with E-state index >= 15 is 0 Å². The maximum absolute atomic E-state index is 13.1. The van der Waals surface area contributed by atoms with Gasteiger partial charge in [0.05, 0.1) is 15.5 Å². The van der Waals surface area contributed by atoms with E-state index in [1.807, 2.05) is 0 Å². The maximum atomic E-state index is 13.1. The lowest BCUT2D eigenvalue weighted by molar-refractivity contribution is -0.383. The Labute approximate surface area is 175 Å². The largest absolute Gasteiger partial charge is 0.417 e. The van der Waals surface area contributed by atoms with E-state index in [-0.39, 0.29) is 17.3 Å². The zero-order valence-corrected chi connectivity index (χ0v) is 16.5. The molecular weight excluding hydrogens is 479 g/mol. The lowest BCUT2D eigenvalue weighted by atomic mass is 10.2. The average molecular weight is 489 g/mol. The first kappa shape index (κ1) is 20.8. The third-order valence-electron chi connectivity index (χ3n) is 3.63. The second-order valence-corrected chi connectivity index (χ2v) is 6.95. The third kappa shape index (κ3) is 4.93. The van der Waals surface area contributed by atoms with Crippen molar-refractivity contribution in [1.29, 1.82) is 0 Å². The van der Waals surface area contributed by atoms with E-state index in [0.717, 1.165) is 22.9 Å². The number of aromatic nitrogens is 2. The molecule has 0 amide bonds. The SMILES string of the molecule is O=[N+]([O-])c1c(Nc2cccc(Br)c2)ncnc1Nc1ccc(Cl)c(C(F)(F)F)c1. The van der Waals surface area contributed by atoms with Gasteiger partial charge in [0, 0.05) is 15.8 Å². The first-order chi connectivity index (χ1) is 13.6. The molecule has 150 valence electrons. The highest BCUT2D eigenvalue weighted by atomic mass is 79.9. The van der Waals surface area contributed by atoms with Crippen molar-refractivity contribution in [1.82, 2.24) is 9.97 Å². The van der Waals surface area contributed by atoms with Crippen LogP contribution in [0.5, 0.6) is 0 Å². The van der Waals surface area contributed by atoms with Crippen LogP contribution < -0.4 is 10.6 Å². The van der Waals surface area contributed by atoms with E-state index in [2.05, 4.69) is 36.5 Å². The second-order valence-electron chi connectivity index (χ2n) is 5.63. The Morgan fingerprint density at radius 2 is 1.66 bits per heavy atom. The minimum atomic E-state index is -4.68. The normalized spacial score (nSPS) is 11.2. The highest BCUT2D eigenvalue weighted by Crippen LogP contribution is 2.38. The quantitative estimate of drug-likeness (QED) is 0.323. The molecule has 0 unspecified atom stereocenters. The van der Waals surface area contributed by atoms with Crippen LogP contribution >= 0.6 is 27.5 Å². The monoisotopic (exact) mass is 487 g/mol. The molecule has 2 N–H and O–H groups in total. The van der Waals surface area contributed by atoms with E-state index in [1.165, 1.54) is 6.07 Å². The third-order valence-corrected chi connectivity index (χ3v) is 4.45. The van der Waals surface area contributed by atoms with Gasteiger partial charge in [-0.1, -0.05) is 33.6 Å². The summed E-state index contributed by atoms with van der Waals surface area (Å²) in [5.74, 6) is -0.409. The van der Waals surface area contributed by atoms with Crippen LogP contribution in [0.25, 0.3) is 0 Å². The summed E-state index contributed by atoms with van der Waals surface area (Å²) in [5, 5.41) is 16.4. The van der Waals surface area contributed by atoms with Gasteiger partial charge in [-0.2, -0.15) is 13.2 Å². The lowest BCUT2D eigenvalue weighted by Crippen LogP contribution is -2.08. The van der Waals surface area contributed by atoms with Crippen LogP contribution in [0.2, 0.25) is 5.02 Å². The topological polar surface area (TPSA) is 93.0 Å². The number of anilines is 4. The molecule has 12 heteroatoms. The van der Waals surface area contributed by atoms with Gasteiger partial charge in [0.15, 0.2) is 0 Å². The van der Waals surface area contributed by atoms with E-state index in [1.54, 1.807) is 24.3 Å². The molecule has 0 aliphatic carbocycles. The average Bonchev–Trinajstić information content (AvgIpc) is 2.62. The van der Waals surface area contributed by atoms with Crippen LogP contribution in [0.1, 0.15) is 5.56 Å². The summed E-state index contributed by atoms with van der Waals surface area (Å²) in [4.78, 5) is 18.6. The van der Waals surface area contributed by atoms with Crippen LogP contribution in [-0.2, 0) is 6.18 Å². The first-order valence-electron chi connectivity index (χ1n) is 7.81. The number of hydrogen-bond acceptors (Lipinski definition) is 6. The number of nitrogens with one attached hydrogen (secondary N) is 2. The zero-order valence-electron chi connectivity index (χ0n) is 14.2. The van der Waals surface area contributed by atoms with Crippen molar-refractivity contribution in [3.05, 3.63) is 74.0 Å². The number of alkyl halides is 3. The molecule has 0 fully saturated rings. The maximum Gasteiger partial charge on any atom is 0.417 e. The molecule has 7 nitrogen and oxygen atoms in total. The van der Waals surface area contributed by atoms with Gasteiger partial charge in [0.25, 0.3) is 0 Å². The van der Waals surface area contributed by atoms with Crippen molar-refractivity contribution < 1.29 is 18.1 Å². The Hall–Kier alpha value is -2.92. The Bertz CT molecular complexity index is 1080. The molecule has 1 aromatic heterocycles. The summed E-state index contributed by atoms with van der Waals surface area (Å²) in [5.41, 5.74) is -1.17. The Morgan fingerprint density at radius 1 is 1.03 bits per heavy atom. The second kappa shape index (κ2) is 8.21. The fraction of sp³-hybridized carbons (Fsp3) is 0.0588. The fourth-order valence-corrected chi connectivity index (χ4v) is 3.02. The van der Waals surface area contributed by atoms with Crippen molar-refractivity contribution in [2.45, 2.75) is 6.18 Å². The summed E-state index contributed by atoms with van der Waals surface area (Å²) >= 11 is 8.89. The van der Waals surface area contributed by atoms with Gasteiger partial charge < -0.3 is 10.6 Å². The van der Waals surface area contributed by atoms with Crippen LogP contribution in [0.15, 0.2) is 53.3 Å². The molecule has 3 aromatic rings. The summed E-state index contributed by atoms with van der Waals surface area (Å²) in [6, 6.07) is 9.86. The molecule has 0 atom stereocenters. The van der Waals surface area contributed by atoms with Crippen molar-refractivity contribution in [2.24, 2.45) is 0 Å². The Kier molecular flexibility index (Phi) is 5.89. The summed E-state index contributed by atoms with van der Waals surface area (Å²) in [6.07, 6.45) is -3.63. The molecule has 0 aliphatic heterocycles. The van der Waals surface area contributed by atoms with Gasteiger partial charge in [-0.25, -0.2) is 9.97 Å². The molecule has 0 bridgehead atoms. The van der Waals surface area contributed by atoms with Gasteiger partial charge in [-0.15, -0.1) is 0 Å². The summed E-state index contributed by atoms with van der Waals surface area (Å²) in [7, 11) is 0.